The van der Waals surface area contributed by atoms with Crippen LogP contribution in [0.2, 0.25) is 0 Å². The molecular formula is C8H8N2O2. The largest absolute Gasteiger partial charge is 0.488 e. The second kappa shape index (κ2) is 4.31. The minimum Gasteiger partial charge on any atom is -0.488 e. The molecule has 1 rings (SSSR count). The predicted octanol–water partition coefficient (Wildman–Crippen LogP) is 0.324. The highest BCUT2D eigenvalue weighted by molar-refractivity contribution is 5.36. The van der Waals surface area contributed by atoms with Crippen LogP contribution in [-0.4, -0.2) is 23.3 Å². The van der Waals surface area contributed by atoms with Gasteiger partial charge in [-0.1, -0.05) is 0 Å². The quantitative estimate of drug-likeness (QED) is 0.698. The monoisotopic (exact) mass is 164 g/mol. The summed E-state index contributed by atoms with van der Waals surface area (Å²) in [5, 5.41) is 17.0. The Morgan fingerprint density at radius 3 is 3.17 bits per heavy atom. The lowest BCUT2D eigenvalue weighted by atomic mass is 10.3. The molecule has 1 heterocycles. The van der Waals surface area contributed by atoms with Crippen molar-refractivity contribution in [3.63, 3.8) is 0 Å². The maximum atomic E-state index is 8.56. The van der Waals surface area contributed by atoms with Crippen molar-refractivity contribution >= 4 is 0 Å². The molecule has 0 bridgehead atoms. The summed E-state index contributed by atoms with van der Waals surface area (Å²) in [7, 11) is 0. The van der Waals surface area contributed by atoms with Crippen LogP contribution in [0.5, 0.6) is 5.75 Å². The van der Waals surface area contributed by atoms with Crippen LogP contribution in [0.25, 0.3) is 0 Å². The van der Waals surface area contributed by atoms with Gasteiger partial charge in [-0.05, 0) is 12.1 Å². The highest BCUT2D eigenvalue weighted by Crippen LogP contribution is 2.12. The fraction of sp³-hybridized carbons (Fsp3) is 0.250. The minimum atomic E-state index is -0.0697. The van der Waals surface area contributed by atoms with Gasteiger partial charge in [0.15, 0.2) is 11.4 Å². The van der Waals surface area contributed by atoms with Crippen LogP contribution in [-0.2, 0) is 0 Å². The zero-order valence-corrected chi connectivity index (χ0v) is 6.40. The molecule has 0 fully saturated rings. The van der Waals surface area contributed by atoms with E-state index in [1.54, 1.807) is 12.1 Å². The van der Waals surface area contributed by atoms with Crippen LogP contribution in [0.4, 0.5) is 0 Å². The number of hydrogen-bond acceptors (Lipinski definition) is 4. The molecule has 0 aromatic carbocycles. The van der Waals surface area contributed by atoms with Gasteiger partial charge in [-0.3, -0.25) is 0 Å². The van der Waals surface area contributed by atoms with Gasteiger partial charge in [0, 0.05) is 6.20 Å². The lowest BCUT2D eigenvalue weighted by Crippen LogP contribution is -2.03. The normalized spacial score (nSPS) is 9.00. The Bertz CT molecular complexity index is 293. The molecule has 0 amide bonds. The van der Waals surface area contributed by atoms with Crippen molar-refractivity contribution in [1.29, 1.82) is 5.26 Å². The second-order valence-corrected chi connectivity index (χ2v) is 2.03. The first-order valence-electron chi connectivity index (χ1n) is 3.47. The summed E-state index contributed by atoms with van der Waals surface area (Å²) in [6.07, 6.45) is 1.52. The number of ether oxygens (including phenoxy) is 1. The molecule has 0 unspecified atom stereocenters. The number of aromatic nitrogens is 1. The summed E-state index contributed by atoms with van der Waals surface area (Å²) < 4.78 is 5.04. The van der Waals surface area contributed by atoms with Crippen LogP contribution in [0.3, 0.4) is 0 Å². The van der Waals surface area contributed by atoms with E-state index in [9.17, 15) is 0 Å². The van der Waals surface area contributed by atoms with Crippen molar-refractivity contribution < 1.29 is 9.84 Å². The average molecular weight is 164 g/mol. The Kier molecular flexibility index (Phi) is 3.05. The topological polar surface area (TPSA) is 66.1 Å². The summed E-state index contributed by atoms with van der Waals surface area (Å²) in [6, 6.07) is 5.20. The molecule has 0 saturated heterocycles. The fourth-order valence-electron chi connectivity index (χ4n) is 0.747. The molecule has 1 aromatic rings. The molecular weight excluding hydrogens is 156 g/mol. The van der Waals surface area contributed by atoms with Gasteiger partial charge in [-0.25, -0.2) is 4.98 Å². The first kappa shape index (κ1) is 8.50. The van der Waals surface area contributed by atoms with E-state index in [4.69, 9.17) is 15.1 Å². The van der Waals surface area contributed by atoms with Crippen molar-refractivity contribution in [3.05, 3.63) is 24.0 Å². The number of nitriles is 1. The molecule has 1 aromatic heterocycles. The minimum absolute atomic E-state index is 0.0697. The summed E-state index contributed by atoms with van der Waals surface area (Å²) in [6.45, 7) is 0.111. The van der Waals surface area contributed by atoms with Crippen LogP contribution < -0.4 is 4.74 Å². The first-order chi connectivity index (χ1) is 5.88. The Balaban J connectivity index is 2.77. The Labute approximate surface area is 70.0 Å². The van der Waals surface area contributed by atoms with Crippen molar-refractivity contribution in [3.8, 4) is 11.8 Å². The van der Waals surface area contributed by atoms with Crippen LogP contribution in [0.15, 0.2) is 18.3 Å². The smallest absolute Gasteiger partial charge is 0.182 e. The Hall–Kier alpha value is -1.60. The van der Waals surface area contributed by atoms with Crippen LogP contribution in [0, 0.1) is 11.3 Å². The molecule has 0 aliphatic carbocycles. The lowest BCUT2D eigenvalue weighted by molar-refractivity contribution is 0.200. The zero-order chi connectivity index (χ0) is 8.81. The van der Waals surface area contributed by atoms with E-state index in [1.165, 1.54) is 6.20 Å². The van der Waals surface area contributed by atoms with Gasteiger partial charge in [0.05, 0.1) is 6.61 Å². The van der Waals surface area contributed by atoms with Gasteiger partial charge < -0.3 is 9.84 Å². The average Bonchev–Trinajstić information content (AvgIpc) is 2.15. The van der Waals surface area contributed by atoms with Gasteiger partial charge in [0.1, 0.15) is 12.7 Å². The molecule has 1 N–H and O–H groups in total. The molecule has 0 spiro atoms. The first-order valence-corrected chi connectivity index (χ1v) is 3.47. The SMILES string of the molecule is N#Cc1ncccc1OCCO. The van der Waals surface area contributed by atoms with E-state index >= 15 is 0 Å². The Morgan fingerprint density at radius 1 is 1.67 bits per heavy atom. The third-order valence-electron chi connectivity index (χ3n) is 1.23. The number of aliphatic hydroxyl groups is 1. The predicted molar refractivity (Wildman–Crippen MR) is 41.5 cm³/mol. The highest BCUT2D eigenvalue weighted by atomic mass is 16.5. The number of hydrogen-bond donors (Lipinski definition) is 1. The van der Waals surface area contributed by atoms with E-state index in [1.807, 2.05) is 6.07 Å². The molecule has 4 nitrogen and oxygen atoms in total. The molecule has 4 heteroatoms. The van der Waals surface area contributed by atoms with Crippen molar-refractivity contribution in [1.82, 2.24) is 4.98 Å². The van der Waals surface area contributed by atoms with Gasteiger partial charge in [-0.2, -0.15) is 5.26 Å². The number of pyridine rings is 1. The fourth-order valence-corrected chi connectivity index (χ4v) is 0.747. The molecule has 0 aliphatic rings. The zero-order valence-electron chi connectivity index (χ0n) is 6.40. The molecule has 0 atom stereocenters. The maximum Gasteiger partial charge on any atom is 0.182 e. The number of aliphatic hydroxyl groups excluding tert-OH is 1. The van der Waals surface area contributed by atoms with Gasteiger partial charge in [0.2, 0.25) is 0 Å². The molecule has 0 aliphatic heterocycles. The standard InChI is InChI=1S/C8H8N2O2/c9-6-7-8(12-5-4-11)2-1-3-10-7/h1-3,11H,4-5H2. The van der Waals surface area contributed by atoms with Crippen LogP contribution in [0.1, 0.15) is 5.69 Å². The highest BCUT2D eigenvalue weighted by Gasteiger charge is 2.01. The van der Waals surface area contributed by atoms with E-state index < -0.39 is 0 Å². The number of rotatable bonds is 3. The summed E-state index contributed by atoms with van der Waals surface area (Å²) in [5.41, 5.74) is 0.242. The third kappa shape index (κ3) is 1.94. The van der Waals surface area contributed by atoms with E-state index in [0.29, 0.717) is 5.75 Å². The van der Waals surface area contributed by atoms with Crippen molar-refractivity contribution in [2.24, 2.45) is 0 Å². The van der Waals surface area contributed by atoms with Gasteiger partial charge in [0.25, 0.3) is 0 Å². The maximum absolute atomic E-state index is 8.56. The van der Waals surface area contributed by atoms with Crippen molar-refractivity contribution in [2.75, 3.05) is 13.2 Å². The molecule has 0 saturated carbocycles. The number of nitrogens with zero attached hydrogens (tertiary/aromatic N) is 2. The van der Waals surface area contributed by atoms with E-state index in [-0.39, 0.29) is 18.9 Å². The van der Waals surface area contributed by atoms with Crippen molar-refractivity contribution in [2.45, 2.75) is 0 Å². The summed E-state index contributed by atoms with van der Waals surface area (Å²) >= 11 is 0. The van der Waals surface area contributed by atoms with Gasteiger partial charge >= 0.3 is 0 Å². The third-order valence-corrected chi connectivity index (χ3v) is 1.23. The molecule has 12 heavy (non-hydrogen) atoms. The summed E-state index contributed by atoms with van der Waals surface area (Å²) in [4.78, 5) is 3.78. The van der Waals surface area contributed by atoms with E-state index in [0.717, 1.165) is 0 Å². The molecule has 0 radical (unpaired) electrons. The van der Waals surface area contributed by atoms with Crippen LogP contribution >= 0.6 is 0 Å². The molecule has 62 valence electrons. The van der Waals surface area contributed by atoms with E-state index in [2.05, 4.69) is 4.98 Å². The van der Waals surface area contributed by atoms with Gasteiger partial charge in [-0.15, -0.1) is 0 Å². The lowest BCUT2D eigenvalue weighted by Gasteiger charge is -2.03. The Morgan fingerprint density at radius 2 is 2.50 bits per heavy atom. The summed E-state index contributed by atoms with van der Waals surface area (Å²) in [5.74, 6) is 0.411. The second-order valence-electron chi connectivity index (χ2n) is 2.03.